The third kappa shape index (κ3) is 6.63. The van der Waals surface area contributed by atoms with E-state index < -0.39 is 10.2 Å². The van der Waals surface area contributed by atoms with E-state index in [-0.39, 0.29) is 0 Å². The molecule has 0 amide bonds. The van der Waals surface area contributed by atoms with Crippen molar-refractivity contribution in [3.63, 3.8) is 0 Å². The highest BCUT2D eigenvalue weighted by Crippen LogP contribution is 2.46. The van der Waals surface area contributed by atoms with Crippen LogP contribution in [0.1, 0.15) is 9.75 Å². The minimum Gasteiger partial charge on any atom is -0.235 e. The third-order valence-electron chi connectivity index (χ3n) is 4.04. The average Bonchev–Trinajstić information content (AvgIpc) is 3.40. The fraction of sp³-hybridized carbons (Fsp3) is 0.0952. The molecule has 0 atom stereocenters. The Bertz CT molecular complexity index is 990. The zero-order chi connectivity index (χ0) is 21.7. The van der Waals surface area contributed by atoms with E-state index in [1.54, 1.807) is 22.7 Å². The molecule has 2 aromatic heterocycles. The Balaban J connectivity index is 0.000000461. The van der Waals surface area contributed by atoms with Crippen molar-refractivity contribution in [3.05, 3.63) is 92.4 Å². The zero-order valence-corrected chi connectivity index (χ0v) is 19.3. The summed E-state index contributed by atoms with van der Waals surface area (Å²) >= 11 is 5.47. The van der Waals surface area contributed by atoms with Crippen LogP contribution >= 0.6 is 34.4 Å². The first-order chi connectivity index (χ1) is 14.2. The summed E-state index contributed by atoms with van der Waals surface area (Å²) in [4.78, 5) is 5.31. The third-order valence-corrected chi connectivity index (χ3v) is 7.22. The first kappa shape index (κ1) is 22.9. The lowest BCUT2D eigenvalue weighted by Crippen LogP contribution is -2.68. The summed E-state index contributed by atoms with van der Waals surface area (Å²) in [6.45, 7) is 0. The van der Waals surface area contributed by atoms with Crippen molar-refractivity contribution < 1.29 is 33.5 Å². The molecule has 2 aliphatic rings. The van der Waals surface area contributed by atoms with Crippen LogP contribution in [0.2, 0.25) is 0 Å². The molecule has 0 aromatic carbocycles. The van der Waals surface area contributed by atoms with Gasteiger partial charge in [-0.15, -0.1) is 32.9 Å². The van der Waals surface area contributed by atoms with Crippen LogP contribution in [0.5, 0.6) is 0 Å². The van der Waals surface area contributed by atoms with Gasteiger partial charge in [0.2, 0.25) is 0 Å². The molecular formula is C21H18ClNO4S3. The van der Waals surface area contributed by atoms with Crippen molar-refractivity contribution in [2.24, 2.45) is 0 Å². The van der Waals surface area contributed by atoms with Gasteiger partial charge in [-0.1, -0.05) is 23.9 Å². The van der Waals surface area contributed by atoms with Crippen molar-refractivity contribution in [1.82, 2.24) is 0 Å². The molecule has 0 radical (unpaired) electrons. The van der Waals surface area contributed by atoms with Crippen molar-refractivity contribution in [1.29, 1.82) is 0 Å². The topological polar surface area (TPSA) is 95.2 Å². The molecule has 0 unspecified atom stereocenters. The number of thioether (sulfide) groups is 1. The summed E-state index contributed by atoms with van der Waals surface area (Å²) in [6.07, 6.45) is 13.4. The summed E-state index contributed by atoms with van der Waals surface area (Å²) in [5.41, 5.74) is 3.75. The minimum absolute atomic E-state index is 1.22. The van der Waals surface area contributed by atoms with Crippen LogP contribution in [0.3, 0.4) is 0 Å². The highest BCUT2D eigenvalue weighted by molar-refractivity contribution is 8.17. The van der Waals surface area contributed by atoms with Gasteiger partial charge in [0.1, 0.15) is 14.1 Å². The SMILES string of the molecule is C[N+](C)=C1C=CC(=C2C=C(c3cccs3)SC(c3cccs3)=C2)C=C1.[O-][Cl+3]([O-])([O-])[O-]. The number of halogens is 1. The smallest absolute Gasteiger partial charge is 0.199 e. The lowest BCUT2D eigenvalue weighted by Gasteiger charge is -2.17. The van der Waals surface area contributed by atoms with E-state index in [1.165, 1.54) is 36.4 Å². The number of hydrogen-bond donors (Lipinski definition) is 0. The van der Waals surface area contributed by atoms with Gasteiger partial charge in [0.05, 0.1) is 0 Å². The monoisotopic (exact) mass is 479 g/mol. The molecule has 0 saturated heterocycles. The predicted octanol–water partition coefficient (Wildman–Crippen LogP) is 1.32. The lowest BCUT2D eigenvalue weighted by atomic mass is 10.0. The minimum atomic E-state index is -4.94. The van der Waals surface area contributed by atoms with Gasteiger partial charge in [-0.2, -0.15) is 0 Å². The molecule has 4 rings (SSSR count). The number of nitrogens with zero attached hydrogens (tertiary/aromatic N) is 1. The van der Waals surface area contributed by atoms with Gasteiger partial charge >= 0.3 is 0 Å². The van der Waals surface area contributed by atoms with Gasteiger partial charge in [0.25, 0.3) is 0 Å². The van der Waals surface area contributed by atoms with E-state index in [0.29, 0.717) is 0 Å². The second-order valence-corrected chi connectivity index (χ2v) is 10.1. The molecule has 1 aliphatic heterocycles. The molecule has 3 heterocycles. The summed E-state index contributed by atoms with van der Waals surface area (Å²) in [5.74, 6) is 0. The van der Waals surface area contributed by atoms with Gasteiger partial charge in [-0.05, 0) is 58.3 Å². The Morgan fingerprint density at radius 3 is 1.57 bits per heavy atom. The van der Waals surface area contributed by atoms with E-state index in [2.05, 4.69) is 90.2 Å². The highest BCUT2D eigenvalue weighted by atomic mass is 35.7. The molecule has 0 saturated carbocycles. The summed E-state index contributed by atoms with van der Waals surface area (Å²) in [6, 6.07) is 8.65. The number of thiophene rings is 2. The maximum absolute atomic E-state index is 8.49. The fourth-order valence-electron chi connectivity index (χ4n) is 2.70. The second kappa shape index (κ2) is 10.0. The maximum Gasteiger partial charge on any atom is 0.199 e. The van der Waals surface area contributed by atoms with Crippen LogP contribution < -0.4 is 18.6 Å². The molecule has 0 fully saturated rings. The Labute approximate surface area is 189 Å². The highest BCUT2D eigenvalue weighted by Gasteiger charge is 2.17. The van der Waals surface area contributed by atoms with Gasteiger partial charge < -0.3 is 0 Å². The molecule has 0 bridgehead atoms. The van der Waals surface area contributed by atoms with E-state index in [4.69, 9.17) is 18.6 Å². The van der Waals surface area contributed by atoms with Gasteiger partial charge in [0.15, 0.2) is 5.71 Å². The molecule has 0 N–H and O–H groups in total. The number of allylic oxidation sites excluding steroid dienone is 8. The Kier molecular flexibility index (Phi) is 7.67. The Morgan fingerprint density at radius 1 is 0.733 bits per heavy atom. The van der Waals surface area contributed by atoms with Crippen LogP contribution in [0.15, 0.2) is 82.6 Å². The maximum atomic E-state index is 8.49. The quantitative estimate of drug-likeness (QED) is 0.605. The second-order valence-electron chi connectivity index (χ2n) is 6.35. The van der Waals surface area contributed by atoms with E-state index >= 15 is 0 Å². The molecule has 9 heteroatoms. The Hall–Kier alpha value is -1.75. The summed E-state index contributed by atoms with van der Waals surface area (Å²) in [5, 5.41) is 4.29. The zero-order valence-electron chi connectivity index (χ0n) is 16.1. The summed E-state index contributed by atoms with van der Waals surface area (Å²) in [7, 11) is -0.800. The lowest BCUT2D eigenvalue weighted by molar-refractivity contribution is -2.00. The predicted molar refractivity (Wildman–Crippen MR) is 115 cm³/mol. The van der Waals surface area contributed by atoms with E-state index in [0.717, 1.165) is 0 Å². The standard InChI is InChI=1S/C21H18NS3.ClHO4/c1-22(2)17-9-7-15(8-10-17)16-13-20(18-5-3-11-23-18)25-21(14-16)19-6-4-12-24-19;2-1(3,4)5/h3-14H,1-2H3;(H,2,3,4,5)/q+1;/p-1. The van der Waals surface area contributed by atoms with Crippen molar-refractivity contribution in [2.45, 2.75) is 0 Å². The van der Waals surface area contributed by atoms with Crippen LogP contribution in [-0.2, 0) is 0 Å². The van der Waals surface area contributed by atoms with Crippen LogP contribution in [0, 0.1) is 10.2 Å². The average molecular weight is 480 g/mol. The van der Waals surface area contributed by atoms with Gasteiger partial charge in [-0.25, -0.2) is 23.2 Å². The molecule has 1 aliphatic carbocycles. The van der Waals surface area contributed by atoms with Gasteiger partial charge in [0, 0.05) is 31.7 Å². The molecular weight excluding hydrogens is 462 g/mol. The fourth-order valence-corrected chi connectivity index (χ4v) is 5.46. The van der Waals surface area contributed by atoms with Crippen LogP contribution in [0.4, 0.5) is 0 Å². The first-order valence-corrected chi connectivity index (χ1v) is 12.5. The van der Waals surface area contributed by atoms with E-state index in [9.17, 15) is 0 Å². The van der Waals surface area contributed by atoms with Crippen LogP contribution in [0.25, 0.3) is 9.81 Å². The molecule has 30 heavy (non-hydrogen) atoms. The normalized spacial score (nSPS) is 16.1. The molecule has 156 valence electrons. The molecule has 0 spiro atoms. The number of hydrogen-bond acceptors (Lipinski definition) is 7. The van der Waals surface area contributed by atoms with Crippen molar-refractivity contribution in [3.8, 4) is 0 Å². The Morgan fingerprint density at radius 2 is 1.20 bits per heavy atom. The largest absolute Gasteiger partial charge is 0.235 e. The van der Waals surface area contributed by atoms with Crippen molar-refractivity contribution >= 4 is 50.0 Å². The van der Waals surface area contributed by atoms with Crippen LogP contribution in [-0.4, -0.2) is 24.4 Å². The molecule has 2 aromatic rings. The molecule has 5 nitrogen and oxygen atoms in total. The first-order valence-electron chi connectivity index (χ1n) is 8.66. The summed E-state index contributed by atoms with van der Waals surface area (Å²) < 4.78 is 36.1. The van der Waals surface area contributed by atoms with Crippen molar-refractivity contribution in [2.75, 3.05) is 14.1 Å². The van der Waals surface area contributed by atoms with Gasteiger partial charge in [-0.3, -0.25) is 0 Å². The van der Waals surface area contributed by atoms with E-state index in [1.807, 2.05) is 11.8 Å². The number of rotatable bonds is 2.